The fraction of sp³-hybridized carbons (Fsp3) is 0.143. The Morgan fingerprint density at radius 3 is 2.67 bits per heavy atom. The third-order valence-corrected chi connectivity index (χ3v) is 3.71. The molecular formula is C14H13N3S. The molecule has 1 aromatic carbocycles. The van der Waals surface area contributed by atoms with E-state index in [-0.39, 0.29) is 0 Å². The predicted molar refractivity (Wildman–Crippen MR) is 75.7 cm³/mol. The van der Waals surface area contributed by atoms with Crippen LogP contribution in [0.1, 0.15) is 0 Å². The summed E-state index contributed by atoms with van der Waals surface area (Å²) in [7, 11) is 2.04. The molecule has 4 heteroatoms. The van der Waals surface area contributed by atoms with Crippen LogP contribution in [0.2, 0.25) is 0 Å². The molecule has 0 fully saturated rings. The molecule has 0 saturated heterocycles. The summed E-state index contributed by atoms with van der Waals surface area (Å²) in [5, 5.41) is 1.01. The largest absolute Gasteiger partial charge is 0.322 e. The van der Waals surface area contributed by atoms with Crippen LogP contribution in [0, 0.1) is 0 Å². The zero-order valence-electron chi connectivity index (χ0n) is 10.3. The number of aromatic nitrogens is 3. The van der Waals surface area contributed by atoms with Gasteiger partial charge in [-0.2, -0.15) is 0 Å². The van der Waals surface area contributed by atoms with Crippen molar-refractivity contribution in [2.24, 2.45) is 7.05 Å². The summed E-state index contributed by atoms with van der Waals surface area (Å²) in [6, 6.07) is 12.3. The molecule has 2 heterocycles. The number of nitrogens with zero attached hydrogens (tertiary/aromatic N) is 3. The standard InChI is InChI=1S/C14H13N3S/c1-17-13-8-11(10-6-4-3-5-7-10)15-9-12(13)16-14(17)18-2/h3-9H,1-2H3. The first-order valence-electron chi connectivity index (χ1n) is 5.71. The van der Waals surface area contributed by atoms with Gasteiger partial charge in [-0.3, -0.25) is 4.98 Å². The minimum absolute atomic E-state index is 0.946. The molecule has 2 aromatic heterocycles. The molecule has 0 aliphatic heterocycles. The van der Waals surface area contributed by atoms with Crippen LogP contribution >= 0.6 is 11.8 Å². The average molecular weight is 255 g/mol. The van der Waals surface area contributed by atoms with Crippen molar-refractivity contribution >= 4 is 22.8 Å². The van der Waals surface area contributed by atoms with Gasteiger partial charge in [-0.15, -0.1) is 0 Å². The maximum absolute atomic E-state index is 4.53. The zero-order valence-corrected chi connectivity index (χ0v) is 11.1. The smallest absolute Gasteiger partial charge is 0.168 e. The Bertz CT molecular complexity index is 689. The van der Waals surface area contributed by atoms with Gasteiger partial charge in [0.1, 0.15) is 5.52 Å². The number of hydrogen-bond acceptors (Lipinski definition) is 3. The van der Waals surface area contributed by atoms with Crippen molar-refractivity contribution in [1.82, 2.24) is 14.5 Å². The van der Waals surface area contributed by atoms with Crippen molar-refractivity contribution in [3.05, 3.63) is 42.6 Å². The molecule has 0 unspecified atom stereocenters. The van der Waals surface area contributed by atoms with Crippen LogP contribution in [0.5, 0.6) is 0 Å². The van der Waals surface area contributed by atoms with Gasteiger partial charge in [-0.25, -0.2) is 4.98 Å². The van der Waals surface area contributed by atoms with Crippen LogP contribution in [0.4, 0.5) is 0 Å². The zero-order chi connectivity index (χ0) is 12.5. The Kier molecular flexibility index (Phi) is 2.80. The number of hydrogen-bond donors (Lipinski definition) is 0. The van der Waals surface area contributed by atoms with E-state index >= 15 is 0 Å². The van der Waals surface area contributed by atoms with Crippen molar-refractivity contribution in [3.8, 4) is 11.3 Å². The van der Waals surface area contributed by atoms with Crippen molar-refractivity contribution in [1.29, 1.82) is 0 Å². The normalized spacial score (nSPS) is 11.0. The molecular weight excluding hydrogens is 242 g/mol. The lowest BCUT2D eigenvalue weighted by molar-refractivity contribution is 0.817. The SMILES string of the molecule is CSc1nc2cnc(-c3ccccc3)cc2n1C. The number of pyridine rings is 1. The summed E-state index contributed by atoms with van der Waals surface area (Å²) in [4.78, 5) is 9.01. The van der Waals surface area contributed by atoms with Gasteiger partial charge in [0, 0.05) is 12.6 Å². The quantitative estimate of drug-likeness (QED) is 0.658. The van der Waals surface area contributed by atoms with Gasteiger partial charge >= 0.3 is 0 Å². The minimum atomic E-state index is 0.946. The van der Waals surface area contributed by atoms with Gasteiger partial charge in [0.2, 0.25) is 0 Å². The monoisotopic (exact) mass is 255 g/mol. The maximum Gasteiger partial charge on any atom is 0.168 e. The topological polar surface area (TPSA) is 30.7 Å². The van der Waals surface area contributed by atoms with E-state index in [0.29, 0.717) is 0 Å². The maximum atomic E-state index is 4.53. The summed E-state index contributed by atoms with van der Waals surface area (Å²) in [5.74, 6) is 0. The number of imidazole rings is 1. The number of benzene rings is 1. The molecule has 3 nitrogen and oxygen atoms in total. The third kappa shape index (κ3) is 1.78. The summed E-state index contributed by atoms with van der Waals surface area (Å²) in [6.07, 6.45) is 3.88. The molecule has 3 rings (SSSR count). The van der Waals surface area contributed by atoms with Crippen LogP contribution in [0.3, 0.4) is 0 Å². The number of fused-ring (bicyclic) bond motifs is 1. The summed E-state index contributed by atoms with van der Waals surface area (Å²) < 4.78 is 2.11. The lowest BCUT2D eigenvalue weighted by Crippen LogP contribution is -1.90. The van der Waals surface area contributed by atoms with E-state index < -0.39 is 0 Å². The minimum Gasteiger partial charge on any atom is -0.322 e. The molecule has 0 N–H and O–H groups in total. The molecule has 0 bridgehead atoms. The van der Waals surface area contributed by atoms with Gasteiger partial charge in [0.15, 0.2) is 5.16 Å². The highest BCUT2D eigenvalue weighted by Crippen LogP contribution is 2.24. The lowest BCUT2D eigenvalue weighted by Gasteiger charge is -2.02. The van der Waals surface area contributed by atoms with Gasteiger partial charge < -0.3 is 4.57 Å². The first-order valence-corrected chi connectivity index (χ1v) is 6.94. The third-order valence-electron chi connectivity index (χ3n) is 2.98. The molecule has 0 aliphatic carbocycles. The average Bonchev–Trinajstić information content (AvgIpc) is 2.76. The molecule has 0 atom stereocenters. The molecule has 90 valence electrons. The molecule has 3 aromatic rings. The van der Waals surface area contributed by atoms with E-state index in [4.69, 9.17) is 0 Å². The van der Waals surface area contributed by atoms with E-state index in [2.05, 4.69) is 32.7 Å². The molecule has 0 amide bonds. The Balaban J connectivity index is 2.19. The van der Waals surface area contributed by atoms with Crippen LogP contribution in [-0.2, 0) is 7.05 Å². The van der Waals surface area contributed by atoms with Crippen LogP contribution in [0.15, 0.2) is 47.8 Å². The second kappa shape index (κ2) is 4.46. The summed E-state index contributed by atoms with van der Waals surface area (Å²) in [6.45, 7) is 0. The van der Waals surface area contributed by atoms with Gasteiger partial charge in [-0.05, 0) is 12.3 Å². The van der Waals surface area contributed by atoms with Crippen LogP contribution in [0.25, 0.3) is 22.3 Å². The predicted octanol–water partition coefficient (Wildman–Crippen LogP) is 3.36. The highest BCUT2D eigenvalue weighted by Gasteiger charge is 2.08. The van der Waals surface area contributed by atoms with E-state index in [9.17, 15) is 0 Å². The molecule has 0 radical (unpaired) electrons. The second-order valence-electron chi connectivity index (χ2n) is 4.08. The Morgan fingerprint density at radius 1 is 1.17 bits per heavy atom. The summed E-state index contributed by atoms with van der Waals surface area (Å²) in [5.41, 5.74) is 4.18. The first-order chi connectivity index (χ1) is 8.79. The fourth-order valence-electron chi connectivity index (χ4n) is 2.02. The van der Waals surface area contributed by atoms with Crippen molar-refractivity contribution < 1.29 is 0 Å². The molecule has 0 aliphatic rings. The van der Waals surface area contributed by atoms with E-state index in [0.717, 1.165) is 27.4 Å². The fourth-order valence-corrected chi connectivity index (χ4v) is 2.58. The molecule has 0 spiro atoms. The first kappa shape index (κ1) is 11.3. The summed E-state index contributed by atoms with van der Waals surface area (Å²) >= 11 is 1.65. The Hall–Kier alpha value is -1.81. The van der Waals surface area contributed by atoms with Crippen molar-refractivity contribution in [3.63, 3.8) is 0 Å². The Labute approximate surface area is 110 Å². The highest BCUT2D eigenvalue weighted by atomic mass is 32.2. The highest BCUT2D eigenvalue weighted by molar-refractivity contribution is 7.98. The molecule has 0 saturated carbocycles. The van der Waals surface area contributed by atoms with Gasteiger partial charge in [0.25, 0.3) is 0 Å². The number of thioether (sulfide) groups is 1. The van der Waals surface area contributed by atoms with Crippen LogP contribution in [-0.4, -0.2) is 20.8 Å². The number of rotatable bonds is 2. The second-order valence-corrected chi connectivity index (χ2v) is 4.86. The van der Waals surface area contributed by atoms with Crippen molar-refractivity contribution in [2.75, 3.05) is 6.26 Å². The van der Waals surface area contributed by atoms with Crippen LogP contribution < -0.4 is 0 Å². The van der Waals surface area contributed by atoms with E-state index in [1.807, 2.05) is 37.7 Å². The number of aryl methyl sites for hydroxylation is 1. The molecule has 18 heavy (non-hydrogen) atoms. The van der Waals surface area contributed by atoms with Crippen molar-refractivity contribution in [2.45, 2.75) is 5.16 Å². The van der Waals surface area contributed by atoms with E-state index in [1.54, 1.807) is 11.8 Å². The lowest BCUT2D eigenvalue weighted by atomic mass is 10.1. The van der Waals surface area contributed by atoms with E-state index in [1.165, 1.54) is 0 Å². The van der Waals surface area contributed by atoms with Gasteiger partial charge in [-0.1, -0.05) is 42.1 Å². The van der Waals surface area contributed by atoms with Gasteiger partial charge in [0.05, 0.1) is 17.4 Å². The Morgan fingerprint density at radius 2 is 1.94 bits per heavy atom.